The summed E-state index contributed by atoms with van der Waals surface area (Å²) in [5.41, 5.74) is 4.64. The second-order valence-electron chi connectivity index (χ2n) is 8.96. The molecule has 6 heteroatoms. The molecule has 33 heavy (non-hydrogen) atoms. The Labute approximate surface area is 195 Å². The minimum atomic E-state index is -0.168. The van der Waals surface area contributed by atoms with Crippen molar-refractivity contribution in [1.29, 1.82) is 0 Å². The third kappa shape index (κ3) is 4.80. The van der Waals surface area contributed by atoms with E-state index < -0.39 is 0 Å². The summed E-state index contributed by atoms with van der Waals surface area (Å²) in [6.45, 7) is 7.08. The van der Waals surface area contributed by atoms with E-state index in [1.54, 1.807) is 36.4 Å². The first-order chi connectivity index (χ1) is 15.8. The van der Waals surface area contributed by atoms with Crippen molar-refractivity contribution in [3.63, 3.8) is 0 Å². The van der Waals surface area contributed by atoms with Crippen molar-refractivity contribution in [2.75, 3.05) is 11.9 Å². The Morgan fingerprint density at radius 3 is 2.58 bits per heavy atom. The van der Waals surface area contributed by atoms with E-state index in [0.717, 1.165) is 12.0 Å². The molecule has 0 aliphatic carbocycles. The van der Waals surface area contributed by atoms with Gasteiger partial charge in [-0.05, 0) is 62.6 Å². The number of rotatable bonds is 7. The maximum Gasteiger partial charge on any atom is 0.255 e. The number of anilines is 1. The summed E-state index contributed by atoms with van der Waals surface area (Å²) in [4.78, 5) is 29.3. The number of nitrogens with one attached hydrogen (secondary N) is 1. The van der Waals surface area contributed by atoms with Gasteiger partial charge in [-0.3, -0.25) is 9.59 Å². The number of nitrogens with zero attached hydrogens (tertiary/aromatic N) is 2. The van der Waals surface area contributed by atoms with Crippen LogP contribution in [0.3, 0.4) is 0 Å². The van der Waals surface area contributed by atoms with E-state index in [9.17, 15) is 9.59 Å². The highest BCUT2D eigenvalue weighted by Crippen LogP contribution is 2.33. The average molecular weight is 446 g/mol. The molecule has 1 unspecified atom stereocenters. The van der Waals surface area contributed by atoms with E-state index in [4.69, 9.17) is 4.42 Å². The van der Waals surface area contributed by atoms with Crippen LogP contribution in [0, 0.1) is 0 Å². The molecule has 4 rings (SSSR count). The highest BCUT2D eigenvalue weighted by Gasteiger charge is 2.28. The first kappa shape index (κ1) is 22.6. The second kappa shape index (κ2) is 9.53. The maximum atomic E-state index is 12.9. The van der Waals surface area contributed by atoms with Crippen LogP contribution in [0.1, 0.15) is 58.4 Å². The van der Waals surface area contributed by atoms with Crippen LogP contribution < -0.4 is 10.2 Å². The molecule has 0 radical (unpaired) electrons. The number of hydrogen-bond acceptors (Lipinski definition) is 4. The minimum Gasteiger partial charge on any atom is -0.467 e. The van der Waals surface area contributed by atoms with Gasteiger partial charge in [0.1, 0.15) is 5.76 Å². The molecule has 1 atom stereocenters. The van der Waals surface area contributed by atoms with Crippen LogP contribution in [0.2, 0.25) is 0 Å². The van der Waals surface area contributed by atoms with Crippen molar-refractivity contribution < 1.29 is 14.0 Å². The minimum absolute atomic E-state index is 0.0126. The van der Waals surface area contributed by atoms with Crippen molar-refractivity contribution >= 4 is 17.5 Å². The van der Waals surface area contributed by atoms with Crippen LogP contribution in [0.5, 0.6) is 0 Å². The Morgan fingerprint density at radius 1 is 1.12 bits per heavy atom. The Morgan fingerprint density at radius 2 is 1.85 bits per heavy atom. The van der Waals surface area contributed by atoms with Crippen molar-refractivity contribution in [3.05, 3.63) is 88.9 Å². The molecule has 1 aliphatic heterocycles. The van der Waals surface area contributed by atoms with Crippen LogP contribution in [-0.2, 0) is 19.5 Å². The van der Waals surface area contributed by atoms with Crippen molar-refractivity contribution in [2.24, 2.45) is 0 Å². The zero-order valence-corrected chi connectivity index (χ0v) is 19.7. The third-order valence-electron chi connectivity index (χ3n) is 6.40. The maximum absolute atomic E-state index is 12.9. The quantitative estimate of drug-likeness (QED) is 0.575. The van der Waals surface area contributed by atoms with Gasteiger partial charge in [0.15, 0.2) is 0 Å². The Hall–Kier alpha value is -3.54. The monoisotopic (exact) mass is 445 g/mol. The predicted molar refractivity (Wildman–Crippen MR) is 129 cm³/mol. The zero-order chi connectivity index (χ0) is 23.5. The van der Waals surface area contributed by atoms with Gasteiger partial charge < -0.3 is 19.5 Å². The summed E-state index contributed by atoms with van der Waals surface area (Å²) in [6.07, 6.45) is 2.56. The van der Waals surface area contributed by atoms with E-state index in [2.05, 4.69) is 35.3 Å². The molecule has 0 bridgehead atoms. The van der Waals surface area contributed by atoms with Gasteiger partial charge in [-0.25, -0.2) is 0 Å². The fourth-order valence-corrected chi connectivity index (χ4v) is 4.17. The van der Waals surface area contributed by atoms with Crippen molar-refractivity contribution in [3.8, 4) is 0 Å². The molecule has 0 fully saturated rings. The van der Waals surface area contributed by atoms with E-state index in [-0.39, 0.29) is 17.9 Å². The molecular weight excluding hydrogens is 414 g/mol. The number of fused-ring (bicyclic) bond motifs is 1. The average Bonchev–Trinajstić information content (AvgIpc) is 3.41. The third-order valence-corrected chi connectivity index (χ3v) is 6.40. The lowest BCUT2D eigenvalue weighted by Gasteiger charge is -2.24. The van der Waals surface area contributed by atoms with Crippen LogP contribution in [0.4, 0.5) is 5.69 Å². The number of carbonyl (C=O) groups is 2. The molecule has 172 valence electrons. The van der Waals surface area contributed by atoms with Crippen molar-refractivity contribution in [1.82, 2.24) is 10.2 Å². The molecule has 3 aromatic rings. The normalized spacial score (nSPS) is 14.9. The summed E-state index contributed by atoms with van der Waals surface area (Å²) in [7, 11) is 1.80. The smallest absolute Gasteiger partial charge is 0.255 e. The molecule has 0 saturated heterocycles. The van der Waals surface area contributed by atoms with Gasteiger partial charge in [0.2, 0.25) is 0 Å². The Kier molecular flexibility index (Phi) is 6.54. The van der Waals surface area contributed by atoms with Crippen LogP contribution in [0.15, 0.2) is 65.3 Å². The summed E-state index contributed by atoms with van der Waals surface area (Å²) in [5, 5.41) is 2.97. The van der Waals surface area contributed by atoms with Gasteiger partial charge in [0, 0.05) is 36.9 Å². The number of benzene rings is 2. The van der Waals surface area contributed by atoms with Crippen LogP contribution in [0.25, 0.3) is 0 Å². The predicted octanol–water partition coefficient (Wildman–Crippen LogP) is 4.64. The number of carbonyl (C=O) groups excluding carboxylic acids is 2. The summed E-state index contributed by atoms with van der Waals surface area (Å²) in [6, 6.07) is 17.9. The van der Waals surface area contributed by atoms with E-state index in [1.165, 1.54) is 11.3 Å². The Balaban J connectivity index is 1.39. The molecule has 2 amide bonds. The highest BCUT2D eigenvalue weighted by molar-refractivity contribution is 5.95. The molecule has 0 saturated carbocycles. The molecule has 2 heterocycles. The van der Waals surface area contributed by atoms with E-state index in [0.29, 0.717) is 36.0 Å². The van der Waals surface area contributed by atoms with E-state index >= 15 is 0 Å². The summed E-state index contributed by atoms with van der Waals surface area (Å²) in [5.74, 6) is 0.480. The van der Waals surface area contributed by atoms with Crippen molar-refractivity contribution in [2.45, 2.75) is 52.4 Å². The highest BCUT2D eigenvalue weighted by atomic mass is 16.3. The van der Waals surface area contributed by atoms with Gasteiger partial charge in [-0.15, -0.1) is 0 Å². The molecule has 1 aromatic heterocycles. The van der Waals surface area contributed by atoms with Gasteiger partial charge in [0.25, 0.3) is 11.8 Å². The fraction of sp³-hybridized carbons (Fsp3) is 0.333. The lowest BCUT2D eigenvalue weighted by atomic mass is 10.1. The van der Waals surface area contributed by atoms with E-state index in [1.807, 2.05) is 32.0 Å². The molecule has 2 aromatic carbocycles. The largest absolute Gasteiger partial charge is 0.467 e. The molecular formula is C27H31N3O3. The van der Waals surface area contributed by atoms with Gasteiger partial charge >= 0.3 is 0 Å². The van der Waals surface area contributed by atoms with Gasteiger partial charge in [-0.2, -0.15) is 0 Å². The second-order valence-corrected chi connectivity index (χ2v) is 8.96. The van der Waals surface area contributed by atoms with Gasteiger partial charge in [-0.1, -0.05) is 30.3 Å². The first-order valence-corrected chi connectivity index (χ1v) is 11.4. The molecule has 0 spiro atoms. The molecule has 1 N–H and O–H groups in total. The number of furan rings is 1. The Bertz CT molecular complexity index is 1130. The number of amides is 2. The van der Waals surface area contributed by atoms with Crippen LogP contribution in [-0.4, -0.2) is 35.8 Å². The van der Waals surface area contributed by atoms with Gasteiger partial charge in [0.05, 0.1) is 18.4 Å². The summed E-state index contributed by atoms with van der Waals surface area (Å²) < 4.78 is 5.70. The molecule has 6 nitrogen and oxygen atoms in total. The standard InChI is InChI=1S/C27H31N3O3/c1-18(2)29(4)27(32)21-11-9-20(10-12-21)16-28-26(31)23-13-14-33-25(23)17-30-19(3)15-22-7-5-6-8-24(22)30/h5-14,18-19H,15-17H2,1-4H3,(H,28,31). The number of hydrogen-bond donors (Lipinski definition) is 1. The first-order valence-electron chi connectivity index (χ1n) is 11.4. The van der Waals surface area contributed by atoms with Crippen LogP contribution >= 0.6 is 0 Å². The lowest BCUT2D eigenvalue weighted by molar-refractivity contribution is 0.0754. The summed E-state index contributed by atoms with van der Waals surface area (Å²) >= 11 is 0. The number of para-hydroxylation sites is 1. The zero-order valence-electron chi connectivity index (χ0n) is 19.7. The lowest BCUT2D eigenvalue weighted by Crippen LogP contribution is -2.33. The molecule has 1 aliphatic rings. The topological polar surface area (TPSA) is 65.8 Å². The SMILES string of the molecule is CC(C)N(C)C(=O)c1ccc(CNC(=O)c2ccoc2CN2c3ccccc3CC2C)cc1. The fourth-order valence-electron chi connectivity index (χ4n) is 4.17.